The van der Waals surface area contributed by atoms with Gasteiger partial charge in [-0.2, -0.15) is 4.98 Å². The molecular formula is C48H51N11O6. The molecule has 1 spiro atoms. The highest BCUT2D eigenvalue weighted by Gasteiger charge is 2.49. The van der Waals surface area contributed by atoms with E-state index in [1.54, 1.807) is 40.7 Å². The first-order valence-corrected chi connectivity index (χ1v) is 22.7. The van der Waals surface area contributed by atoms with Crippen LogP contribution in [0.3, 0.4) is 0 Å². The summed E-state index contributed by atoms with van der Waals surface area (Å²) in [5.74, 6) is -1.09. The molecule has 4 fully saturated rings. The van der Waals surface area contributed by atoms with E-state index in [2.05, 4.69) is 42.5 Å². The summed E-state index contributed by atoms with van der Waals surface area (Å²) in [4.78, 5) is 86.9. The molecule has 2 bridgehead atoms. The summed E-state index contributed by atoms with van der Waals surface area (Å²) in [7, 11) is 0. The summed E-state index contributed by atoms with van der Waals surface area (Å²) in [6.45, 7) is 7.75. The van der Waals surface area contributed by atoms with Crippen LogP contribution < -0.4 is 26.0 Å². The lowest BCUT2D eigenvalue weighted by atomic mass is 9.60. The second-order valence-corrected chi connectivity index (χ2v) is 18.7. The fraction of sp³-hybridized carbons (Fsp3) is 0.417. The van der Waals surface area contributed by atoms with Crippen LogP contribution in [0.25, 0.3) is 16.9 Å². The summed E-state index contributed by atoms with van der Waals surface area (Å²) in [5.41, 5.74) is 3.48. The van der Waals surface area contributed by atoms with Gasteiger partial charge in [0.2, 0.25) is 17.8 Å². The minimum absolute atomic E-state index is 0.0952. The SMILES string of the molecule is C[C@@]1(O)CC/C=C\Cn2c(=O)c3cnc(Nc4ccc(N5CCN(C6CC7(CCN(c8ccc9c(c8)C(=O)N(C8CCC(=O)NC8=O)C9=O)CC7)C6)CC5)cc4)nc3n2-c2cccc1n2. The smallest absolute Gasteiger partial charge is 0.278 e. The third-order valence-electron chi connectivity index (χ3n) is 14.7. The van der Waals surface area contributed by atoms with Gasteiger partial charge in [-0.25, -0.2) is 19.3 Å². The van der Waals surface area contributed by atoms with Gasteiger partial charge in [0.1, 0.15) is 17.0 Å². The molecule has 6 aliphatic rings. The Balaban J connectivity index is 0.686. The average molecular weight is 878 g/mol. The molecule has 334 valence electrons. The van der Waals surface area contributed by atoms with Crippen LogP contribution in [-0.4, -0.2) is 114 Å². The first kappa shape index (κ1) is 41.0. The number of benzene rings is 2. The standard InChI is InChI=1S/C48H51N11O6/c1-47(65)16-3-2-4-19-57-43(62)36-29-49-46(53-41(36)59(57)39-7-5-6-38(47)51-39)50-30-8-10-31(11-9-30)55-22-24-56(25-23-55)33-27-48(28-33)17-20-54(21-18-48)32-12-13-34-35(26-32)45(64)58(44(34)63)37-14-15-40(60)52-42(37)61/h2,4-13,26,29,33,37,65H,3,14-25,27-28H2,1H3,(H,49,50,53)(H,52,60,61)/b4-2-/t37?,47-/m1/s1. The first-order valence-electron chi connectivity index (χ1n) is 22.7. The number of aliphatic hydroxyl groups is 1. The van der Waals surface area contributed by atoms with Crippen molar-refractivity contribution < 1.29 is 24.3 Å². The van der Waals surface area contributed by atoms with E-state index in [0.717, 1.165) is 74.1 Å². The van der Waals surface area contributed by atoms with Crippen molar-refractivity contribution in [2.45, 2.75) is 82.5 Å². The third-order valence-corrected chi connectivity index (χ3v) is 14.7. The monoisotopic (exact) mass is 877 g/mol. The molecule has 3 saturated heterocycles. The summed E-state index contributed by atoms with van der Waals surface area (Å²) in [5, 5.41) is 17.1. The van der Waals surface area contributed by atoms with E-state index in [9.17, 15) is 29.1 Å². The number of allylic oxidation sites excluding steroid dienone is 2. The number of carbonyl (C=O) groups is 4. The number of rotatable bonds is 6. The number of nitrogens with zero attached hydrogens (tertiary/aromatic N) is 9. The van der Waals surface area contributed by atoms with Gasteiger partial charge in [-0.05, 0) is 112 Å². The normalized spacial score (nSPS) is 24.1. The van der Waals surface area contributed by atoms with E-state index in [1.165, 1.54) is 12.8 Å². The molecule has 5 aliphatic heterocycles. The maximum absolute atomic E-state index is 13.6. The Morgan fingerprint density at radius 1 is 0.800 bits per heavy atom. The molecule has 4 amide bonds. The van der Waals surface area contributed by atoms with Crippen molar-refractivity contribution in [3.8, 4) is 5.82 Å². The molecule has 2 aromatic carbocycles. The molecule has 1 saturated carbocycles. The molecular weight excluding hydrogens is 827 g/mol. The zero-order chi connectivity index (χ0) is 44.6. The number of piperazine rings is 1. The number of pyridine rings is 1. The Labute approximate surface area is 374 Å². The zero-order valence-corrected chi connectivity index (χ0v) is 36.3. The van der Waals surface area contributed by atoms with Crippen molar-refractivity contribution >= 4 is 57.7 Å². The number of amides is 4. The summed E-state index contributed by atoms with van der Waals surface area (Å²) >= 11 is 0. The number of imide groups is 2. The van der Waals surface area contributed by atoms with Gasteiger partial charge in [-0.15, -0.1) is 0 Å². The minimum Gasteiger partial charge on any atom is -0.384 e. The molecule has 11 rings (SSSR count). The molecule has 2 atom stereocenters. The van der Waals surface area contributed by atoms with Crippen molar-refractivity contribution in [1.82, 2.24) is 39.4 Å². The summed E-state index contributed by atoms with van der Waals surface area (Å²) < 4.78 is 3.31. The van der Waals surface area contributed by atoms with Crippen LogP contribution in [0, 0.1) is 5.41 Å². The van der Waals surface area contributed by atoms with E-state index in [0.29, 0.717) is 70.5 Å². The van der Waals surface area contributed by atoms with Gasteiger partial charge >= 0.3 is 0 Å². The number of anilines is 4. The Morgan fingerprint density at radius 3 is 2.31 bits per heavy atom. The van der Waals surface area contributed by atoms with Gasteiger partial charge in [0.05, 0.1) is 23.4 Å². The number of aromatic nitrogens is 5. The van der Waals surface area contributed by atoms with Gasteiger partial charge in [0.15, 0.2) is 11.5 Å². The van der Waals surface area contributed by atoms with Gasteiger partial charge in [0.25, 0.3) is 17.4 Å². The molecule has 1 unspecified atom stereocenters. The summed E-state index contributed by atoms with van der Waals surface area (Å²) in [6, 6.07) is 18.8. The number of nitrogens with one attached hydrogen (secondary N) is 2. The van der Waals surface area contributed by atoms with Crippen LogP contribution in [0.15, 0.2) is 83.8 Å². The maximum atomic E-state index is 13.6. The highest BCUT2D eigenvalue weighted by atomic mass is 16.3. The van der Waals surface area contributed by atoms with Gasteiger partial charge < -0.3 is 20.2 Å². The molecule has 1 aliphatic carbocycles. The van der Waals surface area contributed by atoms with E-state index in [4.69, 9.17) is 9.97 Å². The molecule has 17 nitrogen and oxygen atoms in total. The van der Waals surface area contributed by atoms with Crippen LogP contribution in [0.4, 0.5) is 23.0 Å². The highest BCUT2D eigenvalue weighted by molar-refractivity contribution is 6.23. The predicted octanol–water partition coefficient (Wildman–Crippen LogP) is 4.25. The quantitative estimate of drug-likeness (QED) is 0.162. The van der Waals surface area contributed by atoms with Gasteiger partial charge in [-0.3, -0.25) is 39.1 Å². The van der Waals surface area contributed by atoms with E-state index < -0.39 is 29.4 Å². The number of carbonyl (C=O) groups excluding carboxylic acids is 4. The lowest BCUT2D eigenvalue weighted by molar-refractivity contribution is -0.136. The second kappa shape index (κ2) is 15.8. The number of piperidine rings is 2. The number of hydrogen-bond acceptors (Lipinski definition) is 13. The molecule has 17 heteroatoms. The molecule has 0 radical (unpaired) electrons. The summed E-state index contributed by atoms with van der Waals surface area (Å²) in [6.07, 6.45) is 11.4. The average Bonchev–Trinajstić information content (AvgIpc) is 3.71. The highest BCUT2D eigenvalue weighted by Crippen LogP contribution is 2.51. The van der Waals surface area contributed by atoms with Crippen molar-refractivity contribution in [2.75, 3.05) is 54.4 Å². The fourth-order valence-electron chi connectivity index (χ4n) is 10.8. The third kappa shape index (κ3) is 7.26. The van der Waals surface area contributed by atoms with Crippen molar-refractivity contribution in [3.63, 3.8) is 0 Å². The van der Waals surface area contributed by atoms with Crippen molar-refractivity contribution in [2.24, 2.45) is 5.41 Å². The van der Waals surface area contributed by atoms with E-state index in [1.807, 2.05) is 42.5 Å². The molecule has 3 N–H and O–H groups in total. The van der Waals surface area contributed by atoms with Gasteiger partial charge in [-0.1, -0.05) is 18.2 Å². The number of hydrogen-bond donors (Lipinski definition) is 3. The van der Waals surface area contributed by atoms with Crippen molar-refractivity contribution in [3.05, 3.63) is 106 Å². The lowest BCUT2D eigenvalue weighted by Crippen LogP contribution is -2.59. The zero-order valence-electron chi connectivity index (χ0n) is 36.3. The van der Waals surface area contributed by atoms with Crippen LogP contribution in [0.1, 0.15) is 84.7 Å². The van der Waals surface area contributed by atoms with E-state index in [-0.39, 0.29) is 24.3 Å². The van der Waals surface area contributed by atoms with Crippen LogP contribution in [-0.2, 0) is 21.7 Å². The maximum Gasteiger partial charge on any atom is 0.278 e. The molecule has 3 aromatic heterocycles. The Morgan fingerprint density at radius 2 is 1.54 bits per heavy atom. The molecule has 65 heavy (non-hydrogen) atoms. The lowest BCUT2D eigenvalue weighted by Gasteiger charge is -2.56. The fourth-order valence-corrected chi connectivity index (χ4v) is 10.8. The van der Waals surface area contributed by atoms with Crippen LogP contribution in [0.5, 0.6) is 0 Å². The van der Waals surface area contributed by atoms with Gasteiger partial charge in [0, 0.05) is 75.0 Å². The van der Waals surface area contributed by atoms with Crippen LogP contribution in [0.2, 0.25) is 0 Å². The Hall–Kier alpha value is -6.72. The second-order valence-electron chi connectivity index (χ2n) is 18.7. The van der Waals surface area contributed by atoms with E-state index >= 15 is 0 Å². The predicted molar refractivity (Wildman–Crippen MR) is 242 cm³/mol. The van der Waals surface area contributed by atoms with Crippen LogP contribution >= 0.6 is 0 Å². The molecule has 5 aromatic rings. The minimum atomic E-state index is -1.13. The first-order chi connectivity index (χ1) is 31.4. The molecule has 8 heterocycles. The largest absolute Gasteiger partial charge is 0.384 e. The Kier molecular flexibility index (Phi) is 9.95. The number of fused-ring (bicyclic) bond motifs is 7. The van der Waals surface area contributed by atoms with Crippen molar-refractivity contribution in [1.29, 1.82) is 0 Å². The topological polar surface area (TPSA) is 191 Å². The Bertz CT molecular complexity index is 2840.